The molecule has 0 aliphatic carbocycles. The van der Waals surface area contributed by atoms with E-state index in [1.807, 2.05) is 12.2 Å². The zero-order valence-electron chi connectivity index (χ0n) is 32.3. The molecule has 0 bridgehead atoms. The number of unbranched alkanes of at least 4 members (excludes halogenated alkanes) is 4. The fourth-order valence-electron chi connectivity index (χ4n) is 6.03. The molecule has 2 N–H and O–H groups in total. The van der Waals surface area contributed by atoms with Crippen molar-refractivity contribution in [3.8, 4) is 22.6 Å². The molecule has 2 amide bonds. The topological polar surface area (TPSA) is 76.7 Å². The molecule has 0 heterocycles. The summed E-state index contributed by atoms with van der Waals surface area (Å²) in [4.78, 5) is 24.9. The van der Waals surface area contributed by atoms with Crippen LogP contribution in [0.15, 0.2) is 61.7 Å². The molecular weight excluding hydrogens is 624 g/mol. The average molecular weight is 693 g/mol. The Kier molecular flexibility index (Phi) is 19.5. The van der Waals surface area contributed by atoms with Crippen molar-refractivity contribution in [1.82, 2.24) is 10.6 Å². The van der Waals surface area contributed by atoms with Gasteiger partial charge in [0.2, 0.25) is 0 Å². The van der Waals surface area contributed by atoms with Crippen molar-refractivity contribution in [3.05, 3.63) is 72.8 Å². The van der Waals surface area contributed by atoms with E-state index in [1.54, 1.807) is 0 Å². The molecule has 8 heteroatoms. The molecule has 0 aliphatic rings. The van der Waals surface area contributed by atoms with Gasteiger partial charge in [-0.05, 0) is 66.6 Å². The third kappa shape index (κ3) is 16.9. The Bertz CT molecular complexity index is 1340. The standard InChI is InChI=1S/C42H66N4O4/c1-9-13-15-25-43-41(47)33-45(5,6)27-17-29-49-39-24-22-36(32-37(39)20-12-4)38-31-35(19-11-3)21-23-40(38)50-30-18-28-46(7,8)34-42(48)44-26-16-14-10-2/h11-12,21-24,31-32H,3-4,9-10,13-20,25-30,33-34H2,1-2,5-8H3/p+2. The Morgan fingerprint density at radius 2 is 1.20 bits per heavy atom. The Morgan fingerprint density at radius 3 is 1.72 bits per heavy atom. The van der Waals surface area contributed by atoms with E-state index in [4.69, 9.17) is 9.47 Å². The second kappa shape index (κ2) is 23.0. The van der Waals surface area contributed by atoms with Crippen molar-refractivity contribution < 1.29 is 28.0 Å². The third-order valence-corrected chi connectivity index (χ3v) is 8.84. The summed E-state index contributed by atoms with van der Waals surface area (Å²) in [6, 6.07) is 12.7. The molecule has 0 fully saturated rings. The SMILES string of the molecule is C=CCc1ccc(OCCC[N+](C)(C)CC(=O)NCCCCC)c(-c2ccc(OCCC[N+](C)(C)CC(=O)NCCCCC)c(CC=C)c2)c1. The van der Waals surface area contributed by atoms with Crippen LogP contribution >= 0.6 is 0 Å². The average Bonchev–Trinajstić information content (AvgIpc) is 3.06. The van der Waals surface area contributed by atoms with Crippen LogP contribution in [-0.4, -0.2) is 101 Å². The van der Waals surface area contributed by atoms with Crippen molar-refractivity contribution in [2.24, 2.45) is 0 Å². The third-order valence-electron chi connectivity index (χ3n) is 8.84. The summed E-state index contributed by atoms with van der Waals surface area (Å²) >= 11 is 0. The van der Waals surface area contributed by atoms with Crippen molar-refractivity contribution in [1.29, 1.82) is 0 Å². The number of rotatable bonds is 27. The minimum absolute atomic E-state index is 0.107. The van der Waals surface area contributed by atoms with Gasteiger partial charge in [0.05, 0.1) is 54.5 Å². The molecule has 50 heavy (non-hydrogen) atoms. The number of carbonyl (C=O) groups is 2. The van der Waals surface area contributed by atoms with E-state index in [-0.39, 0.29) is 11.8 Å². The van der Waals surface area contributed by atoms with Gasteiger partial charge in [0.15, 0.2) is 13.1 Å². The molecule has 8 nitrogen and oxygen atoms in total. The maximum Gasteiger partial charge on any atom is 0.275 e. The first kappa shape index (κ1) is 42.5. The smallest absolute Gasteiger partial charge is 0.275 e. The number of allylic oxidation sites excluding steroid dienone is 2. The number of hydrogen-bond acceptors (Lipinski definition) is 4. The van der Waals surface area contributed by atoms with Crippen LogP contribution in [0.2, 0.25) is 0 Å². The van der Waals surface area contributed by atoms with E-state index in [1.165, 1.54) is 5.56 Å². The zero-order chi connectivity index (χ0) is 36.8. The van der Waals surface area contributed by atoms with Gasteiger partial charge in [-0.1, -0.05) is 63.8 Å². The van der Waals surface area contributed by atoms with Gasteiger partial charge in [0.25, 0.3) is 11.8 Å². The van der Waals surface area contributed by atoms with Gasteiger partial charge >= 0.3 is 0 Å². The number of ether oxygens (including phenoxy) is 2. The minimum Gasteiger partial charge on any atom is -0.493 e. The van der Waals surface area contributed by atoms with Crippen molar-refractivity contribution >= 4 is 11.8 Å². The first-order valence-corrected chi connectivity index (χ1v) is 18.8. The summed E-state index contributed by atoms with van der Waals surface area (Å²) in [6.45, 7) is 17.5. The normalized spacial score (nSPS) is 11.6. The van der Waals surface area contributed by atoms with Gasteiger partial charge in [0.1, 0.15) is 11.5 Å². The molecule has 0 spiro atoms. The van der Waals surface area contributed by atoms with Gasteiger partial charge in [-0.2, -0.15) is 0 Å². The molecule has 0 unspecified atom stereocenters. The molecule has 278 valence electrons. The molecule has 0 aromatic heterocycles. The first-order valence-electron chi connectivity index (χ1n) is 18.8. The van der Waals surface area contributed by atoms with Gasteiger partial charge in [-0.15, -0.1) is 13.2 Å². The van der Waals surface area contributed by atoms with Crippen molar-refractivity contribution in [2.75, 3.05) is 80.7 Å². The van der Waals surface area contributed by atoms with E-state index >= 15 is 0 Å². The van der Waals surface area contributed by atoms with Crippen LogP contribution in [0.3, 0.4) is 0 Å². The van der Waals surface area contributed by atoms with Crippen LogP contribution in [0.5, 0.6) is 11.5 Å². The number of nitrogens with one attached hydrogen (secondary N) is 2. The highest BCUT2D eigenvalue weighted by Crippen LogP contribution is 2.35. The summed E-state index contributed by atoms with van der Waals surface area (Å²) < 4.78 is 13.9. The molecule has 0 saturated heterocycles. The number of likely N-dealkylation sites (N-methyl/N-ethyl adjacent to an activating group) is 2. The lowest BCUT2D eigenvalue weighted by molar-refractivity contribution is -0.882. The second-order valence-corrected chi connectivity index (χ2v) is 14.8. The molecule has 2 aromatic rings. The second-order valence-electron chi connectivity index (χ2n) is 14.8. The summed E-state index contributed by atoms with van der Waals surface area (Å²) in [5, 5.41) is 6.12. The largest absolute Gasteiger partial charge is 0.493 e. The molecule has 0 aliphatic heterocycles. The van der Waals surface area contributed by atoms with Gasteiger partial charge in [-0.25, -0.2) is 0 Å². The number of hydrogen-bond donors (Lipinski definition) is 2. The summed E-state index contributed by atoms with van der Waals surface area (Å²) in [6.07, 6.45) is 13.6. The van der Waals surface area contributed by atoms with Crippen LogP contribution in [0.1, 0.15) is 76.3 Å². The number of benzene rings is 2. The van der Waals surface area contributed by atoms with Gasteiger partial charge in [0, 0.05) is 31.5 Å². The predicted octanol–water partition coefficient (Wildman–Crippen LogP) is 7.11. The zero-order valence-corrected chi connectivity index (χ0v) is 32.3. The summed E-state index contributed by atoms with van der Waals surface area (Å²) in [5.41, 5.74) is 4.35. The highest BCUT2D eigenvalue weighted by molar-refractivity contribution is 5.77. The molecular formula is C42H68N4O4+2. The van der Waals surface area contributed by atoms with Crippen LogP contribution in [0.4, 0.5) is 0 Å². The summed E-state index contributed by atoms with van der Waals surface area (Å²) in [7, 11) is 8.39. The van der Waals surface area contributed by atoms with Crippen molar-refractivity contribution in [2.45, 2.75) is 78.1 Å². The van der Waals surface area contributed by atoms with Crippen LogP contribution in [0.25, 0.3) is 11.1 Å². The fraction of sp³-hybridized carbons (Fsp3) is 0.571. The van der Waals surface area contributed by atoms with E-state index < -0.39 is 0 Å². The molecule has 0 atom stereocenters. The Morgan fingerprint density at radius 1 is 0.680 bits per heavy atom. The van der Waals surface area contributed by atoms with Crippen LogP contribution < -0.4 is 20.1 Å². The van der Waals surface area contributed by atoms with E-state index in [2.05, 4.69) is 102 Å². The van der Waals surface area contributed by atoms with Crippen molar-refractivity contribution in [3.63, 3.8) is 0 Å². The minimum atomic E-state index is 0.107. The predicted molar refractivity (Wildman–Crippen MR) is 209 cm³/mol. The van der Waals surface area contributed by atoms with E-state index in [9.17, 15) is 9.59 Å². The highest BCUT2D eigenvalue weighted by atomic mass is 16.5. The monoisotopic (exact) mass is 693 g/mol. The first-order chi connectivity index (χ1) is 23.9. The molecule has 0 radical (unpaired) electrons. The van der Waals surface area contributed by atoms with Crippen LogP contribution in [-0.2, 0) is 22.4 Å². The van der Waals surface area contributed by atoms with Gasteiger partial charge < -0.3 is 29.1 Å². The number of quaternary nitrogens is 2. The maximum absolute atomic E-state index is 12.5. The van der Waals surface area contributed by atoms with Gasteiger partial charge in [-0.3, -0.25) is 9.59 Å². The van der Waals surface area contributed by atoms with Crippen LogP contribution in [0, 0.1) is 0 Å². The Balaban J connectivity index is 2.04. The molecule has 2 rings (SSSR count). The Labute approximate surface area is 304 Å². The number of carbonyl (C=O) groups excluding carboxylic acids is 2. The Hall–Kier alpha value is -3.62. The molecule has 2 aromatic carbocycles. The highest BCUT2D eigenvalue weighted by Gasteiger charge is 2.21. The van der Waals surface area contributed by atoms with E-state index in [0.717, 1.165) is 112 Å². The lowest BCUT2D eigenvalue weighted by Crippen LogP contribution is -2.48. The lowest BCUT2D eigenvalue weighted by Gasteiger charge is -2.29. The quantitative estimate of drug-likeness (QED) is 0.0595. The lowest BCUT2D eigenvalue weighted by atomic mass is 9.97. The maximum atomic E-state index is 12.5. The fourth-order valence-corrected chi connectivity index (χ4v) is 6.03. The number of nitrogens with zero attached hydrogens (tertiary/aromatic N) is 2. The molecule has 0 saturated carbocycles. The summed E-state index contributed by atoms with van der Waals surface area (Å²) in [5.74, 6) is 1.91. The number of amides is 2. The van der Waals surface area contributed by atoms with E-state index in [0.29, 0.717) is 41.7 Å².